The second-order valence-corrected chi connectivity index (χ2v) is 11.5. The van der Waals surface area contributed by atoms with Gasteiger partial charge in [-0.3, -0.25) is 19.4 Å². The van der Waals surface area contributed by atoms with E-state index in [1.807, 2.05) is 0 Å². The van der Waals surface area contributed by atoms with E-state index >= 15 is 0 Å². The number of rotatable bonds is 7. The minimum absolute atomic E-state index is 0.0550. The highest BCUT2D eigenvalue weighted by atomic mass is 16.4. The summed E-state index contributed by atoms with van der Waals surface area (Å²) >= 11 is 0. The predicted octanol–water partition coefficient (Wildman–Crippen LogP) is 0.835. The summed E-state index contributed by atoms with van der Waals surface area (Å²) in [7, 11) is 0. The van der Waals surface area contributed by atoms with E-state index < -0.39 is 52.8 Å². The number of amides is 3. The smallest absolute Gasteiger partial charge is 0.326 e. The van der Waals surface area contributed by atoms with Crippen molar-refractivity contribution < 1.29 is 29.4 Å². The molecule has 2 fully saturated rings. The fourth-order valence-corrected chi connectivity index (χ4v) is 5.33. The second-order valence-electron chi connectivity index (χ2n) is 11.5. The molecule has 11 nitrogen and oxygen atoms in total. The van der Waals surface area contributed by atoms with Crippen molar-refractivity contribution in [2.24, 2.45) is 23.2 Å². The maximum atomic E-state index is 13.8. The average molecular weight is 504 g/mol. The normalized spacial score (nSPS) is 27.3. The number of hydrogen-bond donors (Lipinski definition) is 4. The molecule has 3 amide bonds. The van der Waals surface area contributed by atoms with Gasteiger partial charge in [0, 0.05) is 24.9 Å². The molecule has 1 aliphatic heterocycles. The van der Waals surface area contributed by atoms with E-state index in [2.05, 4.69) is 20.6 Å². The maximum Gasteiger partial charge on any atom is 0.326 e. The van der Waals surface area contributed by atoms with E-state index in [-0.39, 0.29) is 30.0 Å². The van der Waals surface area contributed by atoms with Crippen LogP contribution in [0.4, 0.5) is 0 Å². The van der Waals surface area contributed by atoms with Gasteiger partial charge in [0.2, 0.25) is 11.8 Å². The monoisotopic (exact) mass is 503 g/mol. The zero-order valence-corrected chi connectivity index (χ0v) is 21.7. The molecule has 2 heterocycles. The summed E-state index contributed by atoms with van der Waals surface area (Å²) < 4.78 is 0. The zero-order chi connectivity index (χ0) is 27.0. The fraction of sp³-hybridized carbons (Fsp3) is 0.680. The lowest BCUT2D eigenvalue weighted by Crippen LogP contribution is -2.61. The number of aromatic nitrogens is 2. The highest BCUT2D eigenvalue weighted by Gasteiger charge is 2.58. The molecule has 3 rings (SSSR count). The third-order valence-electron chi connectivity index (χ3n) is 7.40. The molecule has 6 atom stereocenters. The Morgan fingerprint density at radius 1 is 1.17 bits per heavy atom. The van der Waals surface area contributed by atoms with Gasteiger partial charge in [0.1, 0.15) is 23.8 Å². The van der Waals surface area contributed by atoms with E-state index in [4.69, 9.17) is 0 Å². The number of fused-ring (bicyclic) bond motifs is 1. The summed E-state index contributed by atoms with van der Waals surface area (Å²) in [5, 5.41) is 26.2. The minimum atomic E-state index is -1.12. The molecule has 1 aromatic rings. The molecule has 36 heavy (non-hydrogen) atoms. The van der Waals surface area contributed by atoms with Crippen molar-refractivity contribution in [1.82, 2.24) is 25.5 Å². The first-order valence-corrected chi connectivity index (χ1v) is 12.3. The quantitative estimate of drug-likeness (QED) is 0.425. The highest BCUT2D eigenvalue weighted by molar-refractivity contribution is 5.97. The van der Waals surface area contributed by atoms with Gasteiger partial charge >= 0.3 is 5.97 Å². The van der Waals surface area contributed by atoms with Crippen LogP contribution in [-0.2, 0) is 14.4 Å². The summed E-state index contributed by atoms with van der Waals surface area (Å²) in [6.45, 7) is 10.6. The topological polar surface area (TPSA) is 162 Å². The van der Waals surface area contributed by atoms with Crippen LogP contribution in [0.3, 0.4) is 0 Å². The molecule has 11 heteroatoms. The van der Waals surface area contributed by atoms with E-state index in [1.165, 1.54) is 23.5 Å². The van der Waals surface area contributed by atoms with Crippen LogP contribution in [0.25, 0.3) is 0 Å². The minimum Gasteiger partial charge on any atom is -0.480 e. The van der Waals surface area contributed by atoms with E-state index in [0.29, 0.717) is 12.8 Å². The van der Waals surface area contributed by atoms with Crippen LogP contribution in [0.1, 0.15) is 64.9 Å². The SMILES string of the molecule is CC(C)C(NC(=O)c1cnccn1)C(=O)N[C@H](C(=O)N1C[C@H]2[C@H](CC[C@@]2(C)O)C1C(=O)O)C(C)(C)C. The standard InChI is InChI=1S/C25H37N5O6/c1-13(2)17(28-20(31)16-11-26-9-10-27-16)21(32)29-19(24(3,4)5)22(33)30-12-15-14(18(30)23(34)35)7-8-25(15,6)36/h9-11,13-15,17-19,36H,7-8,12H2,1-6H3,(H,28,31)(H,29,32)(H,34,35)/t14-,15-,17?,18?,19+,25+/m0/s1. The lowest BCUT2D eigenvalue weighted by molar-refractivity contribution is -0.152. The number of carboxylic acids is 1. The molecule has 2 unspecified atom stereocenters. The van der Waals surface area contributed by atoms with E-state index in [9.17, 15) is 29.4 Å². The molecular formula is C25H37N5O6. The van der Waals surface area contributed by atoms with Gasteiger partial charge in [-0.2, -0.15) is 0 Å². The van der Waals surface area contributed by atoms with Gasteiger partial charge in [-0.15, -0.1) is 0 Å². The molecule has 4 N–H and O–H groups in total. The molecule has 2 aliphatic rings. The van der Waals surface area contributed by atoms with Crippen molar-refractivity contribution in [1.29, 1.82) is 0 Å². The maximum absolute atomic E-state index is 13.8. The van der Waals surface area contributed by atoms with Gasteiger partial charge in [-0.05, 0) is 37.0 Å². The molecule has 1 saturated carbocycles. The Morgan fingerprint density at radius 3 is 2.36 bits per heavy atom. The van der Waals surface area contributed by atoms with Crippen LogP contribution in [0, 0.1) is 23.2 Å². The van der Waals surface area contributed by atoms with Crippen molar-refractivity contribution >= 4 is 23.7 Å². The van der Waals surface area contributed by atoms with Crippen LogP contribution in [-0.4, -0.2) is 79.0 Å². The summed E-state index contributed by atoms with van der Waals surface area (Å²) in [4.78, 5) is 61.1. The Kier molecular flexibility index (Phi) is 7.73. The van der Waals surface area contributed by atoms with E-state index in [0.717, 1.165) is 0 Å². The van der Waals surface area contributed by atoms with Crippen molar-refractivity contribution in [2.75, 3.05) is 6.54 Å². The Labute approximate surface area is 211 Å². The van der Waals surface area contributed by atoms with Crippen LogP contribution >= 0.6 is 0 Å². The number of nitrogens with zero attached hydrogens (tertiary/aromatic N) is 3. The van der Waals surface area contributed by atoms with Gasteiger partial charge in [0.05, 0.1) is 11.8 Å². The Hall–Kier alpha value is -3.08. The third-order valence-corrected chi connectivity index (χ3v) is 7.40. The van der Waals surface area contributed by atoms with Crippen LogP contribution in [0.5, 0.6) is 0 Å². The number of nitrogens with one attached hydrogen (secondary N) is 2. The first-order valence-electron chi connectivity index (χ1n) is 12.3. The zero-order valence-electron chi connectivity index (χ0n) is 21.7. The number of aliphatic hydroxyl groups is 1. The van der Waals surface area contributed by atoms with Gasteiger partial charge in [-0.1, -0.05) is 34.6 Å². The van der Waals surface area contributed by atoms with Gasteiger partial charge < -0.3 is 25.7 Å². The molecule has 1 aromatic heterocycles. The fourth-order valence-electron chi connectivity index (χ4n) is 5.33. The average Bonchev–Trinajstić information content (AvgIpc) is 3.32. The Morgan fingerprint density at radius 2 is 1.83 bits per heavy atom. The molecule has 0 aromatic carbocycles. The molecule has 0 radical (unpaired) electrons. The van der Waals surface area contributed by atoms with Crippen molar-refractivity contribution in [2.45, 2.75) is 78.1 Å². The van der Waals surface area contributed by atoms with E-state index in [1.54, 1.807) is 41.5 Å². The van der Waals surface area contributed by atoms with Gasteiger partial charge in [-0.25, -0.2) is 9.78 Å². The first-order chi connectivity index (χ1) is 16.6. The summed E-state index contributed by atoms with van der Waals surface area (Å²) in [6, 6.07) is -3.09. The summed E-state index contributed by atoms with van der Waals surface area (Å²) in [5.74, 6) is -3.79. The highest BCUT2D eigenvalue weighted by Crippen LogP contribution is 2.48. The number of carbonyl (C=O) groups excluding carboxylic acids is 3. The summed E-state index contributed by atoms with van der Waals surface area (Å²) in [6.07, 6.45) is 5.08. The third kappa shape index (κ3) is 5.50. The molecule has 0 spiro atoms. The Bertz CT molecular complexity index is 1010. The number of carboxylic acid groups (broad SMARTS) is 1. The van der Waals surface area contributed by atoms with Crippen molar-refractivity contribution in [3.63, 3.8) is 0 Å². The van der Waals surface area contributed by atoms with Crippen LogP contribution < -0.4 is 10.6 Å². The van der Waals surface area contributed by atoms with Crippen molar-refractivity contribution in [3.8, 4) is 0 Å². The van der Waals surface area contributed by atoms with Crippen LogP contribution in [0.2, 0.25) is 0 Å². The summed E-state index contributed by atoms with van der Waals surface area (Å²) in [5.41, 5.74) is -1.76. The van der Waals surface area contributed by atoms with Crippen LogP contribution in [0.15, 0.2) is 18.6 Å². The number of carbonyl (C=O) groups is 4. The molecular weight excluding hydrogens is 466 g/mol. The predicted molar refractivity (Wildman–Crippen MR) is 129 cm³/mol. The molecule has 198 valence electrons. The first kappa shape index (κ1) is 27.5. The van der Waals surface area contributed by atoms with Gasteiger partial charge in [0.25, 0.3) is 5.91 Å². The molecule has 0 bridgehead atoms. The molecule has 1 saturated heterocycles. The number of likely N-dealkylation sites (tertiary alicyclic amines) is 1. The largest absolute Gasteiger partial charge is 0.480 e. The molecule has 1 aliphatic carbocycles. The van der Waals surface area contributed by atoms with Gasteiger partial charge in [0.15, 0.2) is 0 Å². The number of aliphatic carboxylic acids is 1. The Balaban J connectivity index is 1.83. The lowest BCUT2D eigenvalue weighted by Gasteiger charge is -2.37. The second kappa shape index (κ2) is 10.1. The number of hydrogen-bond acceptors (Lipinski definition) is 7. The van der Waals surface area contributed by atoms with Crippen molar-refractivity contribution in [3.05, 3.63) is 24.3 Å². The lowest BCUT2D eigenvalue weighted by atomic mass is 9.85.